The number of aliphatic hydroxyl groups is 1. The molecule has 1 saturated carbocycles. The van der Waals surface area contributed by atoms with Crippen LogP contribution in [0.4, 0.5) is 0 Å². The molecule has 2 rings (SSSR count). The first kappa shape index (κ1) is 14.8. The van der Waals surface area contributed by atoms with Crippen LogP contribution in [0.3, 0.4) is 0 Å². The largest absolute Gasteiger partial charge is 0.491 e. The molecule has 1 aromatic rings. The number of halogens is 1. The van der Waals surface area contributed by atoms with E-state index in [0.717, 1.165) is 16.1 Å². The van der Waals surface area contributed by atoms with Crippen molar-refractivity contribution in [3.63, 3.8) is 0 Å². The molecule has 0 bridgehead atoms. The van der Waals surface area contributed by atoms with Gasteiger partial charge in [-0.2, -0.15) is 0 Å². The molecule has 0 heterocycles. The number of hydrogen-bond donors (Lipinski definition) is 2. The van der Waals surface area contributed by atoms with Crippen LogP contribution in [0.2, 0.25) is 0 Å². The summed E-state index contributed by atoms with van der Waals surface area (Å²) in [5.41, 5.74) is 0. The van der Waals surface area contributed by atoms with Gasteiger partial charge in [0.2, 0.25) is 0 Å². The Morgan fingerprint density at radius 1 is 1.42 bits per heavy atom. The van der Waals surface area contributed by atoms with Gasteiger partial charge in [0, 0.05) is 17.1 Å². The van der Waals surface area contributed by atoms with Crippen LogP contribution in [0.25, 0.3) is 0 Å². The summed E-state index contributed by atoms with van der Waals surface area (Å²) >= 11 is 3.38. The van der Waals surface area contributed by atoms with Crippen LogP contribution >= 0.6 is 15.9 Å². The van der Waals surface area contributed by atoms with E-state index in [-0.39, 0.29) is 0 Å². The van der Waals surface area contributed by atoms with Crippen LogP contribution < -0.4 is 10.1 Å². The third-order valence-electron chi connectivity index (χ3n) is 3.45. The van der Waals surface area contributed by atoms with Gasteiger partial charge < -0.3 is 15.2 Å². The molecule has 0 aromatic heterocycles. The van der Waals surface area contributed by atoms with Gasteiger partial charge in [-0.3, -0.25) is 0 Å². The van der Waals surface area contributed by atoms with Crippen LogP contribution in [-0.2, 0) is 0 Å². The fourth-order valence-electron chi connectivity index (χ4n) is 2.26. The summed E-state index contributed by atoms with van der Waals surface area (Å²) in [4.78, 5) is 0. The summed E-state index contributed by atoms with van der Waals surface area (Å²) in [5, 5.41) is 13.3. The monoisotopic (exact) mass is 327 g/mol. The second-order valence-electron chi connectivity index (χ2n) is 5.22. The number of ether oxygens (including phenoxy) is 1. The van der Waals surface area contributed by atoms with E-state index in [4.69, 9.17) is 4.74 Å². The molecule has 106 valence electrons. The number of hydrogen-bond acceptors (Lipinski definition) is 3. The van der Waals surface area contributed by atoms with Crippen LogP contribution in [-0.4, -0.2) is 30.4 Å². The Morgan fingerprint density at radius 3 is 2.84 bits per heavy atom. The zero-order chi connectivity index (χ0) is 13.7. The van der Waals surface area contributed by atoms with Crippen molar-refractivity contribution in [2.45, 2.75) is 38.3 Å². The molecule has 1 aromatic carbocycles. The maximum absolute atomic E-state index is 9.86. The maximum Gasteiger partial charge on any atom is 0.119 e. The first-order valence-electron chi connectivity index (χ1n) is 6.99. The quantitative estimate of drug-likeness (QED) is 0.771. The van der Waals surface area contributed by atoms with Crippen LogP contribution in [0.5, 0.6) is 5.75 Å². The topological polar surface area (TPSA) is 41.5 Å². The summed E-state index contributed by atoms with van der Waals surface area (Å²) in [6.45, 7) is 3.16. The maximum atomic E-state index is 9.86. The molecule has 1 aliphatic carbocycles. The van der Waals surface area contributed by atoms with Crippen LogP contribution in [0.15, 0.2) is 28.7 Å². The Bertz CT molecular complexity index is 382. The lowest BCUT2D eigenvalue weighted by Gasteiger charge is -2.13. The zero-order valence-corrected chi connectivity index (χ0v) is 12.9. The predicted molar refractivity (Wildman–Crippen MR) is 80.4 cm³/mol. The van der Waals surface area contributed by atoms with Crippen molar-refractivity contribution in [3.8, 4) is 5.75 Å². The highest BCUT2D eigenvalue weighted by Crippen LogP contribution is 2.34. The molecule has 0 spiro atoms. The van der Waals surface area contributed by atoms with E-state index in [0.29, 0.717) is 19.2 Å². The Hall–Kier alpha value is -0.580. The van der Waals surface area contributed by atoms with Gasteiger partial charge in [0.1, 0.15) is 18.5 Å². The summed E-state index contributed by atoms with van der Waals surface area (Å²) in [7, 11) is 0. The van der Waals surface area contributed by atoms with Crippen LogP contribution in [0.1, 0.15) is 26.2 Å². The number of benzene rings is 1. The molecule has 3 atom stereocenters. The van der Waals surface area contributed by atoms with Gasteiger partial charge in [-0.15, -0.1) is 0 Å². The van der Waals surface area contributed by atoms with E-state index >= 15 is 0 Å². The van der Waals surface area contributed by atoms with Crippen molar-refractivity contribution < 1.29 is 9.84 Å². The standard InChI is InChI=1S/C15H22BrNO2/c1-2-3-11-8-15(11)17-9-13(18)10-19-14-6-4-12(16)5-7-14/h4-7,11,13,15,17-18H,2-3,8-10H2,1H3. The second-order valence-corrected chi connectivity index (χ2v) is 6.13. The van der Waals surface area contributed by atoms with Gasteiger partial charge in [-0.25, -0.2) is 0 Å². The zero-order valence-electron chi connectivity index (χ0n) is 11.3. The van der Waals surface area contributed by atoms with Gasteiger partial charge in [-0.1, -0.05) is 29.3 Å². The third kappa shape index (κ3) is 5.13. The Balaban J connectivity index is 1.60. The SMILES string of the molecule is CCCC1CC1NCC(O)COc1ccc(Br)cc1. The van der Waals surface area contributed by atoms with E-state index in [1.54, 1.807) is 0 Å². The predicted octanol–water partition coefficient (Wildman–Crippen LogP) is 2.97. The van der Waals surface area contributed by atoms with Crippen LogP contribution in [0, 0.1) is 5.92 Å². The molecule has 4 heteroatoms. The van der Waals surface area contributed by atoms with E-state index in [9.17, 15) is 5.11 Å². The summed E-state index contributed by atoms with van der Waals surface area (Å²) in [6, 6.07) is 8.26. The minimum absolute atomic E-state index is 0.333. The average Bonchev–Trinajstić information content (AvgIpc) is 3.15. The molecule has 1 aliphatic rings. The Labute approximate surface area is 123 Å². The first-order chi connectivity index (χ1) is 9.19. The normalized spacial score (nSPS) is 23.1. The number of aliphatic hydroxyl groups excluding tert-OH is 1. The van der Waals surface area contributed by atoms with Gasteiger partial charge >= 0.3 is 0 Å². The molecule has 0 amide bonds. The van der Waals surface area contributed by atoms with Gasteiger partial charge in [0.15, 0.2) is 0 Å². The summed E-state index contributed by atoms with van der Waals surface area (Å²) in [6.07, 6.45) is 3.35. The smallest absolute Gasteiger partial charge is 0.119 e. The highest BCUT2D eigenvalue weighted by atomic mass is 79.9. The highest BCUT2D eigenvalue weighted by molar-refractivity contribution is 9.10. The fraction of sp³-hybridized carbons (Fsp3) is 0.600. The fourth-order valence-corrected chi connectivity index (χ4v) is 2.52. The minimum Gasteiger partial charge on any atom is -0.491 e. The van der Waals surface area contributed by atoms with E-state index < -0.39 is 6.10 Å². The molecular weight excluding hydrogens is 306 g/mol. The first-order valence-corrected chi connectivity index (χ1v) is 7.78. The van der Waals surface area contributed by atoms with Gasteiger partial charge in [-0.05, 0) is 43.0 Å². The lowest BCUT2D eigenvalue weighted by molar-refractivity contribution is 0.106. The lowest BCUT2D eigenvalue weighted by atomic mass is 10.2. The Kier molecular flexibility index (Phi) is 5.67. The van der Waals surface area contributed by atoms with E-state index in [2.05, 4.69) is 28.2 Å². The van der Waals surface area contributed by atoms with Crippen molar-refractivity contribution in [3.05, 3.63) is 28.7 Å². The molecule has 19 heavy (non-hydrogen) atoms. The molecular formula is C15H22BrNO2. The van der Waals surface area contributed by atoms with Crippen molar-refractivity contribution in [2.24, 2.45) is 5.92 Å². The molecule has 0 saturated heterocycles. The molecule has 0 aliphatic heterocycles. The van der Waals surface area contributed by atoms with Crippen molar-refractivity contribution in [2.75, 3.05) is 13.2 Å². The van der Waals surface area contributed by atoms with Crippen molar-refractivity contribution in [1.29, 1.82) is 0 Å². The molecule has 1 fully saturated rings. The van der Waals surface area contributed by atoms with Crippen molar-refractivity contribution >= 4 is 15.9 Å². The average molecular weight is 328 g/mol. The minimum atomic E-state index is -0.452. The third-order valence-corrected chi connectivity index (χ3v) is 3.98. The van der Waals surface area contributed by atoms with Gasteiger partial charge in [0.05, 0.1) is 0 Å². The molecule has 3 nitrogen and oxygen atoms in total. The van der Waals surface area contributed by atoms with Crippen molar-refractivity contribution in [1.82, 2.24) is 5.32 Å². The van der Waals surface area contributed by atoms with E-state index in [1.807, 2.05) is 24.3 Å². The highest BCUT2D eigenvalue weighted by Gasteiger charge is 2.35. The lowest BCUT2D eigenvalue weighted by Crippen LogP contribution is -2.33. The van der Waals surface area contributed by atoms with Gasteiger partial charge in [0.25, 0.3) is 0 Å². The molecule has 0 radical (unpaired) electrons. The summed E-state index contributed by atoms with van der Waals surface area (Å²) < 4.78 is 6.56. The number of rotatable bonds is 8. The Morgan fingerprint density at radius 2 is 2.16 bits per heavy atom. The molecule has 2 N–H and O–H groups in total. The second kappa shape index (κ2) is 7.27. The summed E-state index contributed by atoms with van der Waals surface area (Å²) in [5.74, 6) is 1.61. The number of nitrogens with one attached hydrogen (secondary N) is 1. The van der Waals surface area contributed by atoms with E-state index in [1.165, 1.54) is 19.3 Å². The molecule has 3 unspecified atom stereocenters.